The first kappa shape index (κ1) is 10.0. The Morgan fingerprint density at radius 2 is 2.54 bits per heavy atom. The van der Waals surface area contributed by atoms with Gasteiger partial charge in [0.15, 0.2) is 0 Å². The minimum Gasteiger partial charge on any atom is -0.455 e. The molecule has 0 amide bonds. The van der Waals surface area contributed by atoms with E-state index >= 15 is 0 Å². The lowest BCUT2D eigenvalue weighted by molar-refractivity contribution is -0.136. The summed E-state index contributed by atoms with van der Waals surface area (Å²) in [5.74, 6) is -0.196. The molecule has 0 saturated carbocycles. The minimum absolute atomic E-state index is 0.196. The van der Waals surface area contributed by atoms with Crippen molar-refractivity contribution in [2.75, 3.05) is 0 Å². The second-order valence-electron chi connectivity index (χ2n) is 3.02. The molecule has 1 radical (unpaired) electrons. The van der Waals surface area contributed by atoms with Gasteiger partial charge in [-0.15, -0.1) is 0 Å². The molecule has 0 aromatic heterocycles. The van der Waals surface area contributed by atoms with Crippen LogP contribution < -0.4 is 0 Å². The Morgan fingerprint density at radius 1 is 1.69 bits per heavy atom. The van der Waals surface area contributed by atoms with Crippen LogP contribution in [0.5, 0.6) is 0 Å². The highest BCUT2D eigenvalue weighted by Gasteiger charge is 2.10. The summed E-state index contributed by atoms with van der Waals surface area (Å²) in [6.45, 7) is 3.63. The molecular weight excluding hydrogens is 164 g/mol. The molecule has 71 valence electrons. The summed E-state index contributed by atoms with van der Waals surface area (Å²) in [5.41, 5.74) is 0.773. The van der Waals surface area contributed by atoms with Crippen molar-refractivity contribution in [3.8, 4) is 0 Å². The highest BCUT2D eigenvalue weighted by molar-refractivity contribution is 5.89. The molecule has 2 heteroatoms. The van der Waals surface area contributed by atoms with Crippen LogP contribution >= 0.6 is 0 Å². The van der Waals surface area contributed by atoms with Crippen LogP contribution in [0, 0.1) is 6.61 Å². The van der Waals surface area contributed by atoms with Crippen LogP contribution in [0.1, 0.15) is 32.6 Å². The predicted molar refractivity (Wildman–Crippen MR) is 51.8 cm³/mol. The van der Waals surface area contributed by atoms with Crippen molar-refractivity contribution < 1.29 is 9.53 Å². The molecule has 0 spiro atoms. The molecule has 1 aliphatic rings. The second-order valence-corrected chi connectivity index (χ2v) is 3.02. The number of rotatable bonds is 4. The van der Waals surface area contributed by atoms with Crippen LogP contribution in [0.25, 0.3) is 0 Å². The van der Waals surface area contributed by atoms with Crippen molar-refractivity contribution in [1.29, 1.82) is 0 Å². The average molecular weight is 179 g/mol. The molecule has 0 fully saturated rings. The SMILES string of the molecule is CCC[CH]OC(=O)C1=CC=CCC1. The van der Waals surface area contributed by atoms with E-state index in [9.17, 15) is 4.79 Å². The van der Waals surface area contributed by atoms with Gasteiger partial charge in [-0.2, -0.15) is 0 Å². The van der Waals surface area contributed by atoms with Gasteiger partial charge in [-0.1, -0.05) is 31.6 Å². The molecule has 1 aliphatic carbocycles. The van der Waals surface area contributed by atoms with E-state index in [0.29, 0.717) is 0 Å². The Hall–Kier alpha value is -1.05. The summed E-state index contributed by atoms with van der Waals surface area (Å²) in [6, 6.07) is 0. The molecule has 0 aliphatic heterocycles. The van der Waals surface area contributed by atoms with E-state index in [1.165, 1.54) is 0 Å². The summed E-state index contributed by atoms with van der Waals surface area (Å²) >= 11 is 0. The van der Waals surface area contributed by atoms with Gasteiger partial charge in [0.05, 0.1) is 0 Å². The fourth-order valence-corrected chi connectivity index (χ4v) is 1.10. The van der Waals surface area contributed by atoms with E-state index in [-0.39, 0.29) is 5.97 Å². The Labute approximate surface area is 79.3 Å². The lowest BCUT2D eigenvalue weighted by Gasteiger charge is -2.07. The maximum Gasteiger partial charge on any atom is 0.334 e. The Bertz CT molecular complexity index is 226. The minimum atomic E-state index is -0.196. The van der Waals surface area contributed by atoms with Gasteiger partial charge in [-0.3, -0.25) is 0 Å². The zero-order chi connectivity index (χ0) is 9.52. The van der Waals surface area contributed by atoms with Crippen molar-refractivity contribution in [2.45, 2.75) is 32.6 Å². The van der Waals surface area contributed by atoms with Gasteiger partial charge in [0.2, 0.25) is 0 Å². The number of ether oxygens (including phenoxy) is 1. The van der Waals surface area contributed by atoms with Gasteiger partial charge in [0.1, 0.15) is 6.61 Å². The maximum absolute atomic E-state index is 11.3. The second kappa shape index (κ2) is 5.57. The predicted octanol–water partition coefficient (Wildman–Crippen LogP) is 2.77. The summed E-state index contributed by atoms with van der Waals surface area (Å²) in [5, 5.41) is 0. The van der Waals surface area contributed by atoms with Crippen LogP contribution in [0.3, 0.4) is 0 Å². The van der Waals surface area contributed by atoms with Crippen molar-refractivity contribution in [3.63, 3.8) is 0 Å². The summed E-state index contributed by atoms with van der Waals surface area (Å²) < 4.78 is 4.96. The third-order valence-electron chi connectivity index (χ3n) is 1.87. The number of unbranched alkanes of at least 4 members (excludes halogenated alkanes) is 1. The smallest absolute Gasteiger partial charge is 0.334 e. The maximum atomic E-state index is 11.3. The van der Waals surface area contributed by atoms with E-state index in [0.717, 1.165) is 31.3 Å². The van der Waals surface area contributed by atoms with E-state index in [1.54, 1.807) is 6.61 Å². The van der Waals surface area contributed by atoms with E-state index in [1.807, 2.05) is 25.2 Å². The summed E-state index contributed by atoms with van der Waals surface area (Å²) in [7, 11) is 0. The third kappa shape index (κ3) is 3.45. The molecule has 0 heterocycles. The summed E-state index contributed by atoms with van der Waals surface area (Å²) in [4.78, 5) is 11.3. The molecule has 1 rings (SSSR count). The number of carbonyl (C=O) groups excluding carboxylic acids is 1. The van der Waals surface area contributed by atoms with Crippen LogP contribution in [0.2, 0.25) is 0 Å². The number of carbonyl (C=O) groups is 1. The van der Waals surface area contributed by atoms with Crippen molar-refractivity contribution >= 4 is 5.97 Å². The Kier molecular flexibility index (Phi) is 4.30. The van der Waals surface area contributed by atoms with Gasteiger partial charge in [-0.25, -0.2) is 4.79 Å². The number of hydrogen-bond donors (Lipinski definition) is 0. The number of hydrogen-bond acceptors (Lipinski definition) is 2. The van der Waals surface area contributed by atoms with Gasteiger partial charge in [-0.05, 0) is 19.3 Å². The lowest BCUT2D eigenvalue weighted by atomic mass is 10.1. The monoisotopic (exact) mass is 179 g/mol. The highest BCUT2D eigenvalue weighted by atomic mass is 16.5. The average Bonchev–Trinajstić information content (AvgIpc) is 2.19. The topological polar surface area (TPSA) is 26.3 Å². The molecule has 0 unspecified atom stereocenters. The lowest BCUT2D eigenvalue weighted by Crippen LogP contribution is -2.07. The van der Waals surface area contributed by atoms with Gasteiger partial charge >= 0.3 is 5.97 Å². The van der Waals surface area contributed by atoms with E-state index < -0.39 is 0 Å². The van der Waals surface area contributed by atoms with Crippen molar-refractivity contribution in [1.82, 2.24) is 0 Å². The normalized spacial score (nSPS) is 15.3. The Balaban J connectivity index is 2.30. The van der Waals surface area contributed by atoms with Gasteiger partial charge < -0.3 is 4.74 Å². The standard InChI is InChI=1S/C11H15O2/c1-2-3-9-13-11(12)10-7-5-4-6-8-10/h4-5,7,9H,2-3,6,8H2,1H3. The molecule has 13 heavy (non-hydrogen) atoms. The molecule has 0 bridgehead atoms. The quantitative estimate of drug-likeness (QED) is 0.490. The van der Waals surface area contributed by atoms with Crippen LogP contribution in [-0.2, 0) is 9.53 Å². The fraction of sp³-hybridized carbons (Fsp3) is 0.455. The molecule has 0 atom stereocenters. The molecule has 0 saturated heterocycles. The molecule has 2 nitrogen and oxygen atoms in total. The third-order valence-corrected chi connectivity index (χ3v) is 1.87. The van der Waals surface area contributed by atoms with Gasteiger partial charge in [0, 0.05) is 5.57 Å². The zero-order valence-electron chi connectivity index (χ0n) is 7.95. The first-order chi connectivity index (χ1) is 6.34. The molecular formula is C11H15O2. The first-order valence-electron chi connectivity index (χ1n) is 4.73. The summed E-state index contributed by atoms with van der Waals surface area (Å²) in [6.07, 6.45) is 9.35. The van der Waals surface area contributed by atoms with Crippen LogP contribution in [-0.4, -0.2) is 5.97 Å². The van der Waals surface area contributed by atoms with Gasteiger partial charge in [0.25, 0.3) is 0 Å². The first-order valence-corrected chi connectivity index (χ1v) is 4.73. The van der Waals surface area contributed by atoms with Crippen LogP contribution in [0.15, 0.2) is 23.8 Å². The largest absolute Gasteiger partial charge is 0.455 e. The highest BCUT2D eigenvalue weighted by Crippen LogP contribution is 2.13. The van der Waals surface area contributed by atoms with E-state index in [4.69, 9.17) is 4.74 Å². The number of allylic oxidation sites excluding steroid dienone is 3. The van der Waals surface area contributed by atoms with Crippen LogP contribution in [0.4, 0.5) is 0 Å². The zero-order valence-corrected chi connectivity index (χ0v) is 7.95. The van der Waals surface area contributed by atoms with Crippen molar-refractivity contribution in [3.05, 3.63) is 30.4 Å². The van der Waals surface area contributed by atoms with E-state index in [2.05, 4.69) is 0 Å². The molecule has 0 N–H and O–H groups in total. The molecule has 0 aromatic rings. The fourth-order valence-electron chi connectivity index (χ4n) is 1.10. The Morgan fingerprint density at radius 3 is 3.15 bits per heavy atom. The number of esters is 1. The van der Waals surface area contributed by atoms with Crippen molar-refractivity contribution in [2.24, 2.45) is 0 Å². The molecule has 0 aromatic carbocycles.